The second-order valence-electron chi connectivity index (χ2n) is 6.26. The SMILES string of the molecule is N#Cc1cc(NC2C3C4CCC(C4)C23)ccc1[N+](=O)[O-]. The average Bonchev–Trinajstić information content (AvgIpc) is 2.84. The predicted octanol–water partition coefficient (Wildman–Crippen LogP) is 2.92. The van der Waals surface area contributed by atoms with Crippen molar-refractivity contribution in [3.05, 3.63) is 33.9 Å². The number of hydrogen-bond donors (Lipinski definition) is 1. The third-order valence-electron chi connectivity index (χ3n) is 5.38. The van der Waals surface area contributed by atoms with E-state index in [1.165, 1.54) is 25.3 Å². The molecule has 0 radical (unpaired) electrons. The third kappa shape index (κ3) is 1.54. The van der Waals surface area contributed by atoms with Crippen LogP contribution >= 0.6 is 0 Å². The predicted molar refractivity (Wildman–Crippen MR) is 73.0 cm³/mol. The Balaban J connectivity index is 1.53. The smallest absolute Gasteiger partial charge is 0.287 e. The van der Waals surface area contributed by atoms with Gasteiger partial charge in [0, 0.05) is 17.8 Å². The van der Waals surface area contributed by atoms with Crippen molar-refractivity contribution in [2.24, 2.45) is 23.7 Å². The molecule has 3 aliphatic rings. The van der Waals surface area contributed by atoms with Gasteiger partial charge in [-0.05, 0) is 55.1 Å². The number of nitrogens with zero attached hydrogens (tertiary/aromatic N) is 2. The highest BCUT2D eigenvalue weighted by atomic mass is 16.6. The molecule has 20 heavy (non-hydrogen) atoms. The molecule has 3 fully saturated rings. The third-order valence-corrected chi connectivity index (χ3v) is 5.38. The molecular formula is C15H15N3O2. The van der Waals surface area contributed by atoms with Gasteiger partial charge in [0.05, 0.1) is 4.92 Å². The van der Waals surface area contributed by atoms with E-state index >= 15 is 0 Å². The van der Waals surface area contributed by atoms with Crippen LogP contribution in [-0.4, -0.2) is 11.0 Å². The lowest BCUT2D eigenvalue weighted by Gasteiger charge is -2.12. The number of nitrogens with one attached hydrogen (secondary N) is 1. The van der Waals surface area contributed by atoms with E-state index in [9.17, 15) is 10.1 Å². The topological polar surface area (TPSA) is 79.0 Å². The van der Waals surface area contributed by atoms with Gasteiger partial charge >= 0.3 is 0 Å². The molecule has 102 valence electrons. The molecule has 1 N–H and O–H groups in total. The van der Waals surface area contributed by atoms with Gasteiger partial charge in [-0.3, -0.25) is 10.1 Å². The van der Waals surface area contributed by atoms with Gasteiger partial charge in [0.2, 0.25) is 0 Å². The molecule has 1 aromatic carbocycles. The zero-order chi connectivity index (χ0) is 13.9. The number of nitro groups is 1. The molecule has 0 heterocycles. The van der Waals surface area contributed by atoms with Crippen LogP contribution in [0, 0.1) is 45.1 Å². The molecule has 4 unspecified atom stereocenters. The molecule has 0 aromatic heterocycles. The van der Waals surface area contributed by atoms with Crippen LogP contribution < -0.4 is 5.32 Å². The minimum atomic E-state index is -0.506. The van der Waals surface area contributed by atoms with Crippen molar-refractivity contribution < 1.29 is 4.92 Å². The fourth-order valence-corrected chi connectivity index (χ4v) is 4.59. The van der Waals surface area contributed by atoms with E-state index in [1.54, 1.807) is 12.1 Å². The second-order valence-corrected chi connectivity index (χ2v) is 6.26. The van der Waals surface area contributed by atoms with Gasteiger partial charge < -0.3 is 5.32 Å². The van der Waals surface area contributed by atoms with E-state index in [4.69, 9.17) is 5.26 Å². The summed E-state index contributed by atoms with van der Waals surface area (Å²) in [7, 11) is 0. The number of anilines is 1. The van der Waals surface area contributed by atoms with Gasteiger partial charge in [0.1, 0.15) is 11.6 Å². The Kier molecular flexibility index (Phi) is 2.31. The Morgan fingerprint density at radius 3 is 2.60 bits per heavy atom. The summed E-state index contributed by atoms with van der Waals surface area (Å²) in [6.07, 6.45) is 4.14. The molecule has 1 aromatic rings. The number of nitro benzene ring substituents is 1. The molecular weight excluding hydrogens is 254 g/mol. The summed E-state index contributed by atoms with van der Waals surface area (Å²) in [4.78, 5) is 10.3. The fourth-order valence-electron chi connectivity index (χ4n) is 4.59. The number of fused-ring (bicyclic) bond motifs is 5. The highest BCUT2D eigenvalue weighted by molar-refractivity contribution is 5.59. The standard InChI is InChI=1S/C15H15N3O2/c16-7-10-6-11(3-4-12(10)18(19)20)17-15-13-8-1-2-9(5-8)14(13)15/h3-4,6,8-9,13-15,17H,1-2,5H2. The summed E-state index contributed by atoms with van der Waals surface area (Å²) >= 11 is 0. The Morgan fingerprint density at radius 2 is 2.00 bits per heavy atom. The summed E-state index contributed by atoms with van der Waals surface area (Å²) in [6.45, 7) is 0. The minimum absolute atomic E-state index is 0.117. The quantitative estimate of drug-likeness (QED) is 0.676. The molecule has 3 aliphatic carbocycles. The van der Waals surface area contributed by atoms with Gasteiger partial charge in [-0.25, -0.2) is 0 Å². The summed E-state index contributed by atoms with van der Waals surface area (Å²) in [5, 5.41) is 23.3. The van der Waals surface area contributed by atoms with Crippen molar-refractivity contribution in [2.75, 3.05) is 5.32 Å². The van der Waals surface area contributed by atoms with Crippen molar-refractivity contribution in [2.45, 2.75) is 25.3 Å². The van der Waals surface area contributed by atoms with Crippen LogP contribution in [0.3, 0.4) is 0 Å². The van der Waals surface area contributed by atoms with Gasteiger partial charge in [-0.1, -0.05) is 0 Å². The van der Waals surface area contributed by atoms with Gasteiger partial charge in [0.25, 0.3) is 5.69 Å². The van der Waals surface area contributed by atoms with Crippen molar-refractivity contribution in [1.82, 2.24) is 0 Å². The minimum Gasteiger partial charge on any atom is -0.382 e. The molecule has 5 heteroatoms. The van der Waals surface area contributed by atoms with E-state index in [0.29, 0.717) is 6.04 Å². The molecule has 2 bridgehead atoms. The molecule has 4 atom stereocenters. The fraction of sp³-hybridized carbons (Fsp3) is 0.533. The lowest BCUT2D eigenvalue weighted by atomic mass is 10.0. The number of rotatable bonds is 3. The molecule has 5 nitrogen and oxygen atoms in total. The molecule has 0 amide bonds. The summed E-state index contributed by atoms with van der Waals surface area (Å²) in [5.74, 6) is 3.37. The second kappa shape index (κ2) is 3.95. The number of nitriles is 1. The van der Waals surface area contributed by atoms with Crippen molar-refractivity contribution in [1.29, 1.82) is 5.26 Å². The van der Waals surface area contributed by atoms with Crippen LogP contribution in [0.5, 0.6) is 0 Å². The summed E-state index contributed by atoms with van der Waals surface area (Å²) in [6, 6.07) is 7.18. The van der Waals surface area contributed by atoms with E-state index in [2.05, 4.69) is 5.32 Å². The lowest BCUT2D eigenvalue weighted by Crippen LogP contribution is -2.12. The lowest BCUT2D eigenvalue weighted by molar-refractivity contribution is -0.385. The van der Waals surface area contributed by atoms with Crippen LogP contribution in [0.1, 0.15) is 24.8 Å². The number of benzene rings is 1. The largest absolute Gasteiger partial charge is 0.382 e. The Morgan fingerprint density at radius 1 is 1.30 bits per heavy atom. The van der Waals surface area contributed by atoms with Crippen molar-refractivity contribution >= 4 is 11.4 Å². The Hall–Kier alpha value is -2.09. The first-order valence-corrected chi connectivity index (χ1v) is 7.14. The van der Waals surface area contributed by atoms with Gasteiger partial charge in [-0.2, -0.15) is 5.26 Å². The van der Waals surface area contributed by atoms with E-state index in [-0.39, 0.29) is 11.3 Å². The summed E-state index contributed by atoms with van der Waals surface area (Å²) in [5.41, 5.74) is 0.855. The molecule has 0 spiro atoms. The zero-order valence-electron chi connectivity index (χ0n) is 11.0. The first kappa shape index (κ1) is 11.7. The van der Waals surface area contributed by atoms with Crippen LogP contribution in [0.2, 0.25) is 0 Å². The molecule has 0 saturated heterocycles. The van der Waals surface area contributed by atoms with Crippen LogP contribution in [-0.2, 0) is 0 Å². The Labute approximate surface area is 116 Å². The maximum absolute atomic E-state index is 10.8. The first-order chi connectivity index (χ1) is 9.69. The first-order valence-electron chi connectivity index (χ1n) is 7.14. The normalized spacial score (nSPS) is 36.2. The van der Waals surface area contributed by atoms with Crippen LogP contribution in [0.4, 0.5) is 11.4 Å². The molecule has 4 rings (SSSR count). The zero-order valence-corrected chi connectivity index (χ0v) is 11.0. The van der Waals surface area contributed by atoms with Gasteiger partial charge in [-0.15, -0.1) is 0 Å². The Bertz CT molecular complexity index is 620. The maximum atomic E-state index is 10.8. The maximum Gasteiger partial charge on any atom is 0.287 e. The highest BCUT2D eigenvalue weighted by Crippen LogP contribution is 2.66. The molecule has 3 saturated carbocycles. The number of hydrogen-bond acceptors (Lipinski definition) is 4. The van der Waals surface area contributed by atoms with Crippen molar-refractivity contribution in [3.8, 4) is 6.07 Å². The molecule has 0 aliphatic heterocycles. The van der Waals surface area contributed by atoms with E-state index in [0.717, 1.165) is 29.4 Å². The summed E-state index contributed by atoms with van der Waals surface area (Å²) < 4.78 is 0. The van der Waals surface area contributed by atoms with Gasteiger partial charge in [0.15, 0.2) is 0 Å². The van der Waals surface area contributed by atoms with E-state index in [1.807, 2.05) is 6.07 Å². The highest BCUT2D eigenvalue weighted by Gasteiger charge is 2.64. The monoisotopic (exact) mass is 269 g/mol. The van der Waals surface area contributed by atoms with Crippen molar-refractivity contribution in [3.63, 3.8) is 0 Å². The van der Waals surface area contributed by atoms with E-state index < -0.39 is 4.92 Å². The van der Waals surface area contributed by atoms with Crippen LogP contribution in [0.15, 0.2) is 18.2 Å². The van der Waals surface area contributed by atoms with Crippen LogP contribution in [0.25, 0.3) is 0 Å². The average molecular weight is 269 g/mol.